The molecule has 128 valence electrons. The van der Waals surface area contributed by atoms with Gasteiger partial charge in [-0.15, -0.1) is 0 Å². The van der Waals surface area contributed by atoms with Crippen LogP contribution in [-0.2, 0) is 17.7 Å². The van der Waals surface area contributed by atoms with Crippen LogP contribution in [0.3, 0.4) is 0 Å². The normalized spacial score (nSPS) is 24.0. The monoisotopic (exact) mass is 320 g/mol. The molecular formula is C17H28N4O2. The Hall–Kier alpha value is -1.24. The van der Waals surface area contributed by atoms with Gasteiger partial charge in [0.05, 0.1) is 19.8 Å². The number of ether oxygens (including phenoxy) is 1. The summed E-state index contributed by atoms with van der Waals surface area (Å²) in [5, 5.41) is 0. The summed E-state index contributed by atoms with van der Waals surface area (Å²) in [6.07, 6.45) is 4.56. The van der Waals surface area contributed by atoms with Gasteiger partial charge in [-0.25, -0.2) is 4.98 Å². The third kappa shape index (κ3) is 4.62. The Bertz CT molecular complexity index is 554. The Kier molecular flexibility index (Phi) is 5.80. The van der Waals surface area contributed by atoms with Gasteiger partial charge in [0.15, 0.2) is 0 Å². The first-order valence-electron chi connectivity index (χ1n) is 8.88. The van der Waals surface area contributed by atoms with Crippen molar-refractivity contribution in [3.63, 3.8) is 0 Å². The SMILES string of the molecule is CCc1cc(=O)[nH]c(CN2CCCC[C@@H]2CN2CCOCC2)n1. The Morgan fingerprint density at radius 1 is 1.30 bits per heavy atom. The van der Waals surface area contributed by atoms with Crippen molar-refractivity contribution in [2.45, 2.75) is 45.2 Å². The van der Waals surface area contributed by atoms with Crippen molar-refractivity contribution in [3.05, 3.63) is 27.9 Å². The Morgan fingerprint density at radius 2 is 2.13 bits per heavy atom. The van der Waals surface area contributed by atoms with Gasteiger partial charge in [0, 0.05) is 37.4 Å². The molecule has 3 rings (SSSR count). The molecule has 1 N–H and O–H groups in total. The minimum atomic E-state index is -0.0337. The lowest BCUT2D eigenvalue weighted by Crippen LogP contribution is -2.49. The summed E-state index contributed by atoms with van der Waals surface area (Å²) in [4.78, 5) is 24.3. The van der Waals surface area contributed by atoms with E-state index in [4.69, 9.17) is 4.74 Å². The largest absolute Gasteiger partial charge is 0.379 e. The minimum absolute atomic E-state index is 0.0337. The lowest BCUT2D eigenvalue weighted by molar-refractivity contribution is 0.0148. The van der Waals surface area contributed by atoms with Gasteiger partial charge in [0.2, 0.25) is 0 Å². The molecule has 6 heteroatoms. The second-order valence-electron chi connectivity index (χ2n) is 6.57. The highest BCUT2D eigenvalue weighted by Gasteiger charge is 2.26. The molecule has 0 bridgehead atoms. The standard InChI is InChI=1S/C17H28N4O2/c1-2-14-11-17(22)19-16(18-14)13-21-6-4-3-5-15(21)12-20-7-9-23-10-8-20/h11,15H,2-10,12-13H2,1H3,(H,18,19,22)/t15-/m1/s1. The molecule has 0 radical (unpaired) electrons. The van der Waals surface area contributed by atoms with Crippen molar-refractivity contribution in [2.24, 2.45) is 0 Å². The van der Waals surface area contributed by atoms with Crippen LogP contribution in [0.25, 0.3) is 0 Å². The molecule has 2 fully saturated rings. The molecule has 2 saturated heterocycles. The van der Waals surface area contributed by atoms with Crippen molar-refractivity contribution in [3.8, 4) is 0 Å². The summed E-state index contributed by atoms with van der Waals surface area (Å²) in [5.41, 5.74) is 0.846. The molecule has 3 heterocycles. The number of piperidine rings is 1. The molecule has 0 spiro atoms. The number of nitrogens with zero attached hydrogens (tertiary/aromatic N) is 3. The number of aryl methyl sites for hydroxylation is 1. The van der Waals surface area contributed by atoms with Crippen molar-refractivity contribution >= 4 is 0 Å². The maximum atomic E-state index is 11.8. The van der Waals surface area contributed by atoms with Crippen molar-refractivity contribution in [2.75, 3.05) is 39.4 Å². The van der Waals surface area contributed by atoms with Gasteiger partial charge in [-0.05, 0) is 25.8 Å². The van der Waals surface area contributed by atoms with Crippen molar-refractivity contribution in [1.29, 1.82) is 0 Å². The highest BCUT2D eigenvalue weighted by Crippen LogP contribution is 2.20. The smallest absolute Gasteiger partial charge is 0.251 e. The third-order valence-electron chi connectivity index (χ3n) is 4.88. The molecule has 0 amide bonds. The molecule has 2 aliphatic heterocycles. The number of H-pyrrole nitrogens is 1. The summed E-state index contributed by atoms with van der Waals surface area (Å²) < 4.78 is 5.45. The second kappa shape index (κ2) is 8.04. The first-order valence-corrected chi connectivity index (χ1v) is 8.88. The van der Waals surface area contributed by atoms with E-state index in [2.05, 4.69) is 19.8 Å². The number of hydrogen-bond donors (Lipinski definition) is 1. The highest BCUT2D eigenvalue weighted by molar-refractivity contribution is 5.03. The molecule has 0 saturated carbocycles. The number of aromatic nitrogens is 2. The molecule has 0 aliphatic carbocycles. The Labute approximate surface area is 137 Å². The van der Waals surface area contributed by atoms with Crippen LogP contribution < -0.4 is 5.56 Å². The molecule has 23 heavy (non-hydrogen) atoms. The zero-order valence-corrected chi connectivity index (χ0v) is 14.1. The van der Waals surface area contributed by atoms with Crippen LogP contribution in [0.5, 0.6) is 0 Å². The van der Waals surface area contributed by atoms with E-state index in [1.165, 1.54) is 19.3 Å². The van der Waals surface area contributed by atoms with E-state index in [9.17, 15) is 4.79 Å². The summed E-state index contributed by atoms with van der Waals surface area (Å²) in [5.74, 6) is 0.809. The molecule has 2 aliphatic rings. The molecule has 1 atom stereocenters. The van der Waals surface area contributed by atoms with Crippen LogP contribution in [0.1, 0.15) is 37.7 Å². The maximum Gasteiger partial charge on any atom is 0.251 e. The number of morpholine rings is 1. The summed E-state index contributed by atoms with van der Waals surface area (Å²) in [7, 11) is 0. The Balaban J connectivity index is 1.66. The quantitative estimate of drug-likeness (QED) is 0.878. The van der Waals surface area contributed by atoms with E-state index in [0.717, 1.165) is 63.9 Å². The van der Waals surface area contributed by atoms with E-state index < -0.39 is 0 Å². The fourth-order valence-corrected chi connectivity index (χ4v) is 3.57. The van der Waals surface area contributed by atoms with Gasteiger partial charge < -0.3 is 9.72 Å². The number of aromatic amines is 1. The van der Waals surface area contributed by atoms with E-state index in [-0.39, 0.29) is 5.56 Å². The van der Waals surface area contributed by atoms with Gasteiger partial charge in [-0.2, -0.15) is 0 Å². The summed E-state index contributed by atoms with van der Waals surface area (Å²) in [6.45, 7) is 8.73. The number of rotatable bonds is 5. The van der Waals surface area contributed by atoms with Gasteiger partial charge in [-0.3, -0.25) is 14.6 Å². The van der Waals surface area contributed by atoms with Crippen molar-refractivity contribution in [1.82, 2.24) is 19.8 Å². The summed E-state index contributed by atoms with van der Waals surface area (Å²) >= 11 is 0. The lowest BCUT2D eigenvalue weighted by atomic mass is 10.0. The summed E-state index contributed by atoms with van der Waals surface area (Å²) in [6, 6.07) is 2.16. The lowest BCUT2D eigenvalue weighted by Gasteiger charge is -2.39. The number of likely N-dealkylation sites (tertiary alicyclic amines) is 1. The first kappa shape index (κ1) is 16.6. The second-order valence-corrected chi connectivity index (χ2v) is 6.57. The number of nitrogens with one attached hydrogen (secondary N) is 1. The van der Waals surface area contributed by atoms with Crippen LogP contribution in [0.4, 0.5) is 0 Å². The van der Waals surface area contributed by atoms with E-state index in [1.807, 2.05) is 6.92 Å². The number of hydrogen-bond acceptors (Lipinski definition) is 5. The van der Waals surface area contributed by atoms with Gasteiger partial charge in [0.25, 0.3) is 5.56 Å². The molecular weight excluding hydrogens is 292 g/mol. The van der Waals surface area contributed by atoms with Gasteiger partial charge >= 0.3 is 0 Å². The van der Waals surface area contributed by atoms with E-state index >= 15 is 0 Å². The van der Waals surface area contributed by atoms with E-state index in [1.54, 1.807) is 6.07 Å². The van der Waals surface area contributed by atoms with Crippen molar-refractivity contribution < 1.29 is 4.74 Å². The zero-order chi connectivity index (χ0) is 16.1. The zero-order valence-electron chi connectivity index (χ0n) is 14.1. The molecule has 6 nitrogen and oxygen atoms in total. The van der Waals surface area contributed by atoms with E-state index in [0.29, 0.717) is 6.04 Å². The first-order chi connectivity index (χ1) is 11.2. The maximum absolute atomic E-state index is 11.8. The van der Waals surface area contributed by atoms with Crippen LogP contribution in [0.15, 0.2) is 10.9 Å². The molecule has 0 unspecified atom stereocenters. The van der Waals surface area contributed by atoms with Crippen LogP contribution in [-0.4, -0.2) is 65.2 Å². The van der Waals surface area contributed by atoms with Gasteiger partial charge in [0.1, 0.15) is 5.82 Å². The van der Waals surface area contributed by atoms with Crippen LogP contribution in [0.2, 0.25) is 0 Å². The van der Waals surface area contributed by atoms with Crippen LogP contribution in [0, 0.1) is 0 Å². The molecule has 0 aromatic carbocycles. The molecule has 1 aromatic heterocycles. The van der Waals surface area contributed by atoms with Crippen LogP contribution >= 0.6 is 0 Å². The average molecular weight is 320 g/mol. The predicted molar refractivity (Wildman–Crippen MR) is 89.5 cm³/mol. The fourth-order valence-electron chi connectivity index (χ4n) is 3.57. The fraction of sp³-hybridized carbons (Fsp3) is 0.765. The minimum Gasteiger partial charge on any atom is -0.379 e. The van der Waals surface area contributed by atoms with Gasteiger partial charge in [-0.1, -0.05) is 13.3 Å². The topological polar surface area (TPSA) is 61.5 Å². The third-order valence-corrected chi connectivity index (χ3v) is 4.88. The predicted octanol–water partition coefficient (Wildman–Crippen LogP) is 1.02. The highest BCUT2D eigenvalue weighted by atomic mass is 16.5. The molecule has 1 aromatic rings. The average Bonchev–Trinajstić information content (AvgIpc) is 2.57. The Morgan fingerprint density at radius 3 is 2.91 bits per heavy atom.